The summed E-state index contributed by atoms with van der Waals surface area (Å²) in [7, 11) is 0. The van der Waals surface area contributed by atoms with Crippen molar-refractivity contribution < 1.29 is 19.3 Å². The molecule has 0 aromatic heterocycles. The third-order valence-corrected chi connectivity index (χ3v) is 5.18. The first-order chi connectivity index (χ1) is 12.5. The standard InChI is InChI=1S/C19H26N4O3/c1-3-4-17-18(25)23(19(26)20-17)13-21-9-11-22(12-10-21)16-7-5-15(6-8-16)14(2)24/h5-8,17H,3-4,9-13H2,1-2H3,(H,20,26)/p+1/t17-/m0/s1. The molecule has 2 aliphatic rings. The molecule has 1 aromatic carbocycles. The number of piperazine rings is 1. The molecule has 0 unspecified atom stereocenters. The average molecular weight is 359 g/mol. The van der Waals surface area contributed by atoms with Gasteiger partial charge in [-0.1, -0.05) is 13.3 Å². The number of amides is 3. The van der Waals surface area contributed by atoms with Crippen LogP contribution in [0.3, 0.4) is 0 Å². The van der Waals surface area contributed by atoms with E-state index >= 15 is 0 Å². The Balaban J connectivity index is 1.53. The number of anilines is 1. The molecule has 2 aliphatic heterocycles. The lowest BCUT2D eigenvalue weighted by molar-refractivity contribution is -0.907. The predicted octanol–water partition coefficient (Wildman–Crippen LogP) is 0.272. The van der Waals surface area contributed by atoms with Crippen LogP contribution in [0.5, 0.6) is 0 Å². The Morgan fingerprint density at radius 2 is 1.85 bits per heavy atom. The fraction of sp³-hybridized carbons (Fsp3) is 0.526. The molecule has 2 saturated heterocycles. The first kappa shape index (κ1) is 18.4. The number of quaternary nitrogens is 1. The zero-order valence-corrected chi connectivity index (χ0v) is 15.5. The molecule has 1 atom stereocenters. The van der Waals surface area contributed by atoms with Gasteiger partial charge >= 0.3 is 6.03 Å². The van der Waals surface area contributed by atoms with Gasteiger partial charge in [-0.2, -0.15) is 0 Å². The summed E-state index contributed by atoms with van der Waals surface area (Å²) in [5.41, 5.74) is 1.82. The molecule has 2 N–H and O–H groups in total. The first-order valence-electron chi connectivity index (χ1n) is 9.31. The molecule has 0 saturated carbocycles. The van der Waals surface area contributed by atoms with Gasteiger partial charge in [-0.25, -0.2) is 9.69 Å². The number of hydrogen-bond acceptors (Lipinski definition) is 4. The van der Waals surface area contributed by atoms with E-state index in [4.69, 9.17) is 0 Å². The molecule has 140 valence electrons. The monoisotopic (exact) mass is 359 g/mol. The quantitative estimate of drug-likeness (QED) is 0.565. The summed E-state index contributed by atoms with van der Waals surface area (Å²) < 4.78 is 0. The van der Waals surface area contributed by atoms with Crippen LogP contribution < -0.4 is 15.1 Å². The molecule has 0 radical (unpaired) electrons. The van der Waals surface area contributed by atoms with Gasteiger partial charge in [-0.05, 0) is 37.6 Å². The van der Waals surface area contributed by atoms with Crippen LogP contribution in [0.15, 0.2) is 24.3 Å². The second-order valence-electron chi connectivity index (χ2n) is 7.06. The van der Waals surface area contributed by atoms with Crippen LogP contribution in [-0.4, -0.2) is 61.5 Å². The van der Waals surface area contributed by atoms with E-state index in [0.29, 0.717) is 13.1 Å². The Bertz CT molecular complexity index is 681. The van der Waals surface area contributed by atoms with Crippen molar-refractivity contribution in [1.29, 1.82) is 0 Å². The minimum Gasteiger partial charge on any atom is -0.360 e. The van der Waals surface area contributed by atoms with E-state index in [1.165, 1.54) is 9.80 Å². The fourth-order valence-corrected chi connectivity index (χ4v) is 3.58. The zero-order valence-electron chi connectivity index (χ0n) is 15.5. The number of imide groups is 1. The van der Waals surface area contributed by atoms with Crippen molar-refractivity contribution in [3.63, 3.8) is 0 Å². The highest BCUT2D eigenvalue weighted by Crippen LogP contribution is 2.16. The van der Waals surface area contributed by atoms with Gasteiger partial charge in [0.15, 0.2) is 12.5 Å². The number of Topliss-reactive ketones (excluding diaryl/α,β-unsaturated/α-hetero) is 1. The zero-order chi connectivity index (χ0) is 18.7. The van der Waals surface area contributed by atoms with Gasteiger partial charge in [0, 0.05) is 11.3 Å². The van der Waals surface area contributed by atoms with Crippen LogP contribution in [0, 0.1) is 0 Å². The molecule has 0 bridgehead atoms. The van der Waals surface area contributed by atoms with Crippen molar-refractivity contribution in [2.24, 2.45) is 0 Å². The Morgan fingerprint density at radius 1 is 1.19 bits per heavy atom. The van der Waals surface area contributed by atoms with Gasteiger partial charge in [0.2, 0.25) is 0 Å². The Morgan fingerprint density at radius 3 is 2.42 bits per heavy atom. The second kappa shape index (κ2) is 7.86. The minimum absolute atomic E-state index is 0.0701. The summed E-state index contributed by atoms with van der Waals surface area (Å²) >= 11 is 0. The van der Waals surface area contributed by atoms with Gasteiger partial charge in [0.25, 0.3) is 5.91 Å². The molecule has 2 heterocycles. The number of carbonyl (C=O) groups excluding carboxylic acids is 3. The lowest BCUT2D eigenvalue weighted by Crippen LogP contribution is -3.16. The normalized spacial score (nSPS) is 21.2. The summed E-state index contributed by atoms with van der Waals surface area (Å²) in [5, 5.41) is 2.78. The van der Waals surface area contributed by atoms with Crippen LogP contribution in [0.4, 0.5) is 10.5 Å². The van der Waals surface area contributed by atoms with E-state index in [2.05, 4.69) is 10.2 Å². The van der Waals surface area contributed by atoms with Gasteiger partial charge in [0.1, 0.15) is 6.04 Å². The maximum atomic E-state index is 12.3. The highest BCUT2D eigenvalue weighted by Gasteiger charge is 2.39. The molecule has 0 spiro atoms. The van der Waals surface area contributed by atoms with E-state index in [9.17, 15) is 14.4 Å². The molecule has 7 heteroatoms. The summed E-state index contributed by atoms with van der Waals surface area (Å²) in [4.78, 5) is 40.7. The van der Waals surface area contributed by atoms with Crippen LogP contribution in [-0.2, 0) is 4.79 Å². The molecule has 1 aromatic rings. The number of ketones is 1. The van der Waals surface area contributed by atoms with Crippen LogP contribution in [0.1, 0.15) is 37.0 Å². The number of hydrogen-bond donors (Lipinski definition) is 2. The molecule has 26 heavy (non-hydrogen) atoms. The summed E-state index contributed by atoms with van der Waals surface area (Å²) in [6.45, 7) is 7.46. The number of benzene rings is 1. The van der Waals surface area contributed by atoms with E-state index in [1.54, 1.807) is 6.92 Å². The molecular weight excluding hydrogens is 332 g/mol. The first-order valence-corrected chi connectivity index (χ1v) is 9.31. The van der Waals surface area contributed by atoms with Crippen molar-refractivity contribution in [2.75, 3.05) is 37.7 Å². The van der Waals surface area contributed by atoms with Crippen molar-refractivity contribution in [3.8, 4) is 0 Å². The third-order valence-electron chi connectivity index (χ3n) is 5.18. The highest BCUT2D eigenvalue weighted by atomic mass is 16.2. The molecular formula is C19H27N4O3+. The van der Waals surface area contributed by atoms with Crippen molar-refractivity contribution in [2.45, 2.75) is 32.7 Å². The smallest absolute Gasteiger partial charge is 0.329 e. The largest absolute Gasteiger partial charge is 0.360 e. The fourth-order valence-electron chi connectivity index (χ4n) is 3.58. The van der Waals surface area contributed by atoms with Gasteiger partial charge < -0.3 is 15.1 Å². The van der Waals surface area contributed by atoms with Gasteiger partial charge in [-0.3, -0.25) is 9.59 Å². The summed E-state index contributed by atoms with van der Waals surface area (Å²) in [6, 6.07) is 7.06. The molecule has 7 nitrogen and oxygen atoms in total. The topological polar surface area (TPSA) is 74.2 Å². The Labute approximate surface area is 153 Å². The molecule has 3 amide bonds. The van der Waals surface area contributed by atoms with E-state index < -0.39 is 0 Å². The number of nitrogens with zero attached hydrogens (tertiary/aromatic N) is 2. The van der Waals surface area contributed by atoms with Crippen LogP contribution in [0.2, 0.25) is 0 Å². The average Bonchev–Trinajstić information content (AvgIpc) is 2.90. The number of urea groups is 1. The Kier molecular flexibility index (Phi) is 5.56. The van der Waals surface area contributed by atoms with Gasteiger partial charge in [0.05, 0.1) is 26.2 Å². The van der Waals surface area contributed by atoms with Crippen molar-refractivity contribution in [1.82, 2.24) is 10.2 Å². The van der Waals surface area contributed by atoms with Crippen molar-refractivity contribution >= 4 is 23.4 Å². The highest BCUT2D eigenvalue weighted by molar-refractivity contribution is 6.04. The molecule has 3 rings (SSSR count). The second-order valence-corrected chi connectivity index (χ2v) is 7.06. The SMILES string of the molecule is CCC[C@@H]1NC(=O)N(C[NH+]2CCN(c3ccc(C(C)=O)cc3)CC2)C1=O. The lowest BCUT2D eigenvalue weighted by Gasteiger charge is -2.34. The number of carbonyl (C=O) groups is 3. The number of nitrogens with one attached hydrogen (secondary N) is 2. The molecule has 0 aliphatic carbocycles. The van der Waals surface area contributed by atoms with Crippen molar-refractivity contribution in [3.05, 3.63) is 29.8 Å². The maximum Gasteiger partial charge on any atom is 0.329 e. The van der Waals surface area contributed by atoms with E-state index in [0.717, 1.165) is 43.9 Å². The van der Waals surface area contributed by atoms with Crippen LogP contribution >= 0.6 is 0 Å². The Hall–Kier alpha value is -2.41. The van der Waals surface area contributed by atoms with Gasteiger partial charge in [-0.15, -0.1) is 0 Å². The maximum absolute atomic E-state index is 12.3. The summed E-state index contributed by atoms with van der Waals surface area (Å²) in [6.07, 6.45) is 1.57. The minimum atomic E-state index is -0.354. The predicted molar refractivity (Wildman–Crippen MR) is 98.3 cm³/mol. The van der Waals surface area contributed by atoms with E-state index in [1.807, 2.05) is 31.2 Å². The lowest BCUT2D eigenvalue weighted by atomic mass is 10.1. The molecule has 2 fully saturated rings. The summed E-state index contributed by atoms with van der Waals surface area (Å²) in [5.74, 6) is -0.0210. The van der Waals surface area contributed by atoms with Crippen LogP contribution in [0.25, 0.3) is 0 Å². The number of rotatable bonds is 6. The van der Waals surface area contributed by atoms with E-state index in [-0.39, 0.29) is 23.8 Å². The third kappa shape index (κ3) is 3.88.